The second-order valence-corrected chi connectivity index (χ2v) is 17.8. The third-order valence-electron chi connectivity index (χ3n) is 10.9. The van der Waals surface area contributed by atoms with E-state index < -0.39 is 19.6 Å². The van der Waals surface area contributed by atoms with Crippen LogP contribution in [0.15, 0.2) is 114 Å². The van der Waals surface area contributed by atoms with E-state index in [9.17, 15) is 1.37 Å². The zero-order chi connectivity index (χ0) is 44.6. The van der Waals surface area contributed by atoms with Gasteiger partial charge in [0, 0.05) is 52.9 Å². The van der Waals surface area contributed by atoms with E-state index in [-0.39, 0.29) is 41.9 Å². The molecule has 0 aliphatic heterocycles. The van der Waals surface area contributed by atoms with Crippen molar-refractivity contribution in [3.63, 3.8) is 0 Å². The molecule has 1 fully saturated rings. The normalized spacial score (nSPS) is 18.3. The van der Waals surface area contributed by atoms with E-state index in [1.54, 1.807) is 12.1 Å². The average Bonchev–Trinajstić information content (AvgIpc) is 3.58. The van der Waals surface area contributed by atoms with Gasteiger partial charge in [-0.3, -0.25) is 0 Å². The molecule has 56 heavy (non-hydrogen) atoms. The van der Waals surface area contributed by atoms with Crippen LogP contribution >= 0.6 is 0 Å². The van der Waals surface area contributed by atoms with Crippen molar-refractivity contribution < 1.29 is 34.1 Å². The predicted molar refractivity (Wildman–Crippen MR) is 232 cm³/mol. The summed E-state index contributed by atoms with van der Waals surface area (Å²) in [7, 11) is 0. The van der Waals surface area contributed by atoms with Gasteiger partial charge in [0.1, 0.15) is 5.58 Å². The predicted octanol–water partition coefficient (Wildman–Crippen LogP) is 14.5. The van der Waals surface area contributed by atoms with Gasteiger partial charge in [-0.1, -0.05) is 133 Å². The molecule has 0 saturated heterocycles. The Bertz CT molecular complexity index is 2890. The summed E-state index contributed by atoms with van der Waals surface area (Å²) in [6.07, 6.45) is 5.46. The van der Waals surface area contributed by atoms with E-state index in [4.69, 9.17) is 12.6 Å². The summed E-state index contributed by atoms with van der Waals surface area (Å²) in [5, 5.41) is 6.41. The summed E-state index contributed by atoms with van der Waals surface area (Å²) in [6.45, 7) is 10.7. The summed E-state index contributed by atoms with van der Waals surface area (Å²) >= 11 is 0. The Morgan fingerprint density at radius 3 is 2.18 bits per heavy atom. The van der Waals surface area contributed by atoms with Gasteiger partial charge >= 0.3 is 0 Å². The van der Waals surface area contributed by atoms with E-state index in [1.807, 2.05) is 48.7 Å². The van der Waals surface area contributed by atoms with Crippen molar-refractivity contribution in [3.8, 4) is 22.5 Å². The molecular formula is C52H52IrN2O-2. The molecule has 1 radical (unpaired) electrons. The molecule has 8 aromatic rings. The molecule has 3 heterocycles. The van der Waals surface area contributed by atoms with E-state index in [1.165, 1.54) is 17.8 Å². The van der Waals surface area contributed by atoms with Gasteiger partial charge in [0.25, 0.3) is 0 Å². The van der Waals surface area contributed by atoms with Crippen molar-refractivity contribution in [2.24, 2.45) is 10.8 Å². The monoisotopic (exact) mass is 920 g/mol. The molecule has 5 aromatic carbocycles. The molecule has 1 saturated carbocycles. The first-order valence-corrected chi connectivity index (χ1v) is 19.1. The van der Waals surface area contributed by atoms with E-state index >= 15 is 0 Å². The zero-order valence-electron chi connectivity index (χ0n) is 40.1. The van der Waals surface area contributed by atoms with Crippen LogP contribution in [0.25, 0.3) is 66.0 Å². The third-order valence-corrected chi connectivity index (χ3v) is 10.9. The summed E-state index contributed by atoms with van der Waals surface area (Å²) in [6, 6.07) is 37.7. The second-order valence-electron chi connectivity index (χ2n) is 17.8. The molecule has 0 spiro atoms. The van der Waals surface area contributed by atoms with Gasteiger partial charge in [-0.2, -0.15) is 0 Å². The number of pyridine rings is 2. The first kappa shape index (κ1) is 31.5. The minimum Gasteiger partial charge on any atom is -0.500 e. The van der Waals surface area contributed by atoms with Crippen LogP contribution < -0.4 is 0 Å². The fourth-order valence-electron chi connectivity index (χ4n) is 8.77. The largest absolute Gasteiger partial charge is 0.500 e. The fraction of sp³-hybridized carbons (Fsp3) is 0.308. The molecule has 9 rings (SSSR count). The number of rotatable bonds is 3. The summed E-state index contributed by atoms with van der Waals surface area (Å²) in [5.74, 6) is -1.07. The number of hydrogen-bond acceptors (Lipinski definition) is 3. The zero-order valence-corrected chi connectivity index (χ0v) is 35.5. The van der Waals surface area contributed by atoms with E-state index in [0.29, 0.717) is 40.8 Å². The van der Waals surface area contributed by atoms with Gasteiger partial charge in [-0.15, -0.1) is 53.6 Å². The summed E-state index contributed by atoms with van der Waals surface area (Å²) < 4.78 is 63.5. The van der Waals surface area contributed by atoms with Crippen molar-refractivity contribution >= 4 is 43.5 Å². The fourth-order valence-corrected chi connectivity index (χ4v) is 8.77. The summed E-state index contributed by atoms with van der Waals surface area (Å²) in [5.41, 5.74) is 6.35. The van der Waals surface area contributed by atoms with Crippen LogP contribution in [0.5, 0.6) is 0 Å². The van der Waals surface area contributed by atoms with Crippen LogP contribution in [0.1, 0.15) is 105 Å². The number of fused-ring (bicyclic) bond motifs is 7. The van der Waals surface area contributed by atoms with Gasteiger partial charge in [0.05, 0.1) is 5.58 Å². The van der Waals surface area contributed by atoms with Gasteiger partial charge in [-0.25, -0.2) is 0 Å². The molecule has 0 N–H and O–H groups in total. The molecule has 1 aliphatic rings. The quantitative estimate of drug-likeness (QED) is 0.131. The molecular weight excluding hydrogens is 861 g/mol. The molecule has 0 amide bonds. The first-order valence-electron chi connectivity index (χ1n) is 22.6. The average molecular weight is 920 g/mol. The molecule has 3 aromatic heterocycles. The molecule has 287 valence electrons. The number of nitrogens with zero attached hydrogens (tertiary/aromatic N) is 2. The molecule has 3 nitrogen and oxygen atoms in total. The number of aromatic nitrogens is 2. The van der Waals surface area contributed by atoms with Crippen LogP contribution in [-0.2, 0) is 25.5 Å². The second kappa shape index (κ2) is 15.0. The number of benzene rings is 5. The van der Waals surface area contributed by atoms with Crippen molar-refractivity contribution in [2.75, 3.05) is 0 Å². The minimum absolute atomic E-state index is 0. The van der Waals surface area contributed by atoms with Crippen LogP contribution in [0.3, 0.4) is 0 Å². The standard InChI is InChI=1S/C36H34NO.C16H18N.Ir/c1-22-20-37-31(17-30(22)25-18-35(2,3)21-36(4,5)19-25)29-12-8-11-27-28-16-15-24-14-13-23-9-6-7-10-26(23)32(24)34(28)38-33(27)29;1-12-5-7-13(8-6-12)15-10-9-14(11-17-15)16(2,3)4;/h6-11,13-17,20,25H,18-19,21H2,1-5H3;5-7,9-11H,1-4H3;/q2*-1;/i1D3,25D;1D3;. The van der Waals surface area contributed by atoms with Gasteiger partial charge in [0.2, 0.25) is 0 Å². The number of hydrogen-bond donors (Lipinski definition) is 0. The smallest absolute Gasteiger partial charge is 0.129 e. The maximum atomic E-state index is 9.76. The summed E-state index contributed by atoms with van der Waals surface area (Å²) in [4.78, 5) is 9.11. The Balaban J connectivity index is 0.000000239. The Kier molecular flexibility index (Phi) is 8.44. The third kappa shape index (κ3) is 7.84. The Hall–Kier alpha value is -4.63. The molecule has 0 bridgehead atoms. The van der Waals surface area contributed by atoms with E-state index in [2.05, 4.69) is 107 Å². The van der Waals surface area contributed by atoms with Gasteiger partial charge < -0.3 is 14.4 Å². The minimum atomic E-state index is -2.38. The topological polar surface area (TPSA) is 38.9 Å². The first-order chi connectivity index (χ1) is 28.9. The maximum absolute atomic E-state index is 9.76. The Labute approximate surface area is 356 Å². The SMILES string of the molecule is [2H]C([2H])([2H])c1c[c-]c(-c2ccc(C(C)(C)C)cn2)cc1.[2H]C([2H])([2H])c1cnc(-c2[c-]ccc3c2oc2c3ccc3ccc4ccccc4c32)cc1C1([2H])CC(C)(C)CC(C)(C)C1.[Ir]. The van der Waals surface area contributed by atoms with Crippen molar-refractivity contribution in [2.45, 2.75) is 92.7 Å². The van der Waals surface area contributed by atoms with Gasteiger partial charge in [-0.05, 0) is 92.5 Å². The number of aryl methyl sites for hydroxylation is 2. The van der Waals surface area contributed by atoms with Crippen molar-refractivity contribution in [3.05, 3.63) is 144 Å². The van der Waals surface area contributed by atoms with Gasteiger partial charge in [0.15, 0.2) is 0 Å². The van der Waals surface area contributed by atoms with Crippen LogP contribution in [0.4, 0.5) is 0 Å². The van der Waals surface area contributed by atoms with E-state index in [0.717, 1.165) is 55.6 Å². The molecule has 0 unspecified atom stereocenters. The maximum Gasteiger partial charge on any atom is 0.129 e. The Morgan fingerprint density at radius 1 is 0.750 bits per heavy atom. The van der Waals surface area contributed by atoms with Crippen molar-refractivity contribution in [1.82, 2.24) is 9.97 Å². The van der Waals surface area contributed by atoms with Crippen LogP contribution in [0, 0.1) is 36.7 Å². The van der Waals surface area contributed by atoms with Crippen molar-refractivity contribution in [1.29, 1.82) is 0 Å². The van der Waals surface area contributed by atoms with Crippen LogP contribution in [-0.4, -0.2) is 9.97 Å². The number of furan rings is 1. The Morgan fingerprint density at radius 2 is 1.48 bits per heavy atom. The molecule has 4 heteroatoms. The molecule has 1 aliphatic carbocycles. The molecule has 0 atom stereocenters. The van der Waals surface area contributed by atoms with Crippen LogP contribution in [0.2, 0.25) is 0 Å².